The molecule has 0 aliphatic carbocycles. The number of benzene rings is 1. The molecule has 1 atom stereocenters. The maximum absolute atomic E-state index is 12.8. The molecule has 22 heavy (non-hydrogen) atoms. The van der Waals surface area contributed by atoms with Gasteiger partial charge in [-0.2, -0.15) is 0 Å². The van der Waals surface area contributed by atoms with Gasteiger partial charge in [0, 0.05) is 28.5 Å². The van der Waals surface area contributed by atoms with Crippen LogP contribution < -0.4 is 0 Å². The Hall–Kier alpha value is -1.79. The van der Waals surface area contributed by atoms with Crippen molar-refractivity contribution in [3.05, 3.63) is 45.5 Å². The van der Waals surface area contributed by atoms with Gasteiger partial charge in [-0.15, -0.1) is 11.8 Å². The summed E-state index contributed by atoms with van der Waals surface area (Å²) >= 11 is 7.25. The van der Waals surface area contributed by atoms with E-state index in [-0.39, 0.29) is 18.1 Å². The first-order valence-corrected chi connectivity index (χ1v) is 8.06. The van der Waals surface area contributed by atoms with Crippen LogP contribution in [0.2, 0.25) is 5.02 Å². The van der Waals surface area contributed by atoms with Gasteiger partial charge in [-0.1, -0.05) is 11.6 Å². The van der Waals surface area contributed by atoms with E-state index < -0.39 is 11.9 Å². The zero-order chi connectivity index (χ0) is 15.9. The summed E-state index contributed by atoms with van der Waals surface area (Å²) in [5.41, 5.74) is 0.710. The third kappa shape index (κ3) is 2.53. The number of Topliss-reactive ketones (excluding diaryl/α,β-unsaturated/α-hetero) is 1. The summed E-state index contributed by atoms with van der Waals surface area (Å²) in [7, 11) is 0. The van der Waals surface area contributed by atoms with E-state index in [1.807, 2.05) is 0 Å². The second-order valence-corrected chi connectivity index (χ2v) is 6.56. The van der Waals surface area contributed by atoms with Crippen LogP contribution in [0.3, 0.4) is 0 Å². The summed E-state index contributed by atoms with van der Waals surface area (Å²) in [6.45, 7) is 0.520. The second-order valence-electron chi connectivity index (χ2n) is 5.04. The molecule has 3 rings (SSSR count). The Kier molecular flexibility index (Phi) is 3.97. The minimum Gasteiger partial charge on any atom is -0.481 e. The topological polar surface area (TPSA) is 74.7 Å². The number of carboxylic acid groups (broad SMARTS) is 1. The molecule has 0 aromatic heterocycles. The Morgan fingerprint density at radius 3 is 2.64 bits per heavy atom. The SMILES string of the molecule is O=C(O)C[C@H]1C(=O)N2CCSC2=C1C(=O)c1ccc(Cl)cc1. The molecule has 0 saturated carbocycles. The Labute approximate surface area is 135 Å². The number of ketones is 1. The molecule has 1 fully saturated rings. The van der Waals surface area contributed by atoms with Gasteiger partial charge in [0.1, 0.15) is 0 Å². The van der Waals surface area contributed by atoms with Crippen molar-refractivity contribution in [3.63, 3.8) is 0 Å². The highest BCUT2D eigenvalue weighted by Gasteiger charge is 2.45. The van der Waals surface area contributed by atoms with Crippen molar-refractivity contribution in [1.82, 2.24) is 4.90 Å². The molecular formula is C15H12ClNO4S. The molecule has 1 aromatic carbocycles. The van der Waals surface area contributed by atoms with Crippen LogP contribution in [0.15, 0.2) is 34.9 Å². The van der Waals surface area contributed by atoms with Crippen molar-refractivity contribution in [3.8, 4) is 0 Å². The number of thioether (sulfide) groups is 1. The standard InChI is InChI=1S/C15H12ClNO4S/c16-9-3-1-8(2-4-9)13(20)12-10(7-11(18)19)14(21)17-5-6-22-15(12)17/h1-4,10H,5-7H2,(H,18,19)/t10-/m1/s1. The van der Waals surface area contributed by atoms with Crippen molar-refractivity contribution in [2.24, 2.45) is 5.92 Å². The first kappa shape index (κ1) is 15.1. The molecule has 0 bridgehead atoms. The maximum Gasteiger partial charge on any atom is 0.304 e. The van der Waals surface area contributed by atoms with Crippen LogP contribution in [0.1, 0.15) is 16.8 Å². The number of fused-ring (bicyclic) bond motifs is 1. The van der Waals surface area contributed by atoms with E-state index >= 15 is 0 Å². The highest BCUT2D eigenvalue weighted by Crippen LogP contribution is 2.43. The van der Waals surface area contributed by atoms with Gasteiger partial charge in [0.25, 0.3) is 0 Å². The molecule has 0 spiro atoms. The third-order valence-corrected chi connectivity index (χ3v) is 5.02. The van der Waals surface area contributed by atoms with Crippen molar-refractivity contribution in [2.75, 3.05) is 12.3 Å². The highest BCUT2D eigenvalue weighted by molar-refractivity contribution is 8.03. The van der Waals surface area contributed by atoms with Crippen LogP contribution in [-0.2, 0) is 9.59 Å². The van der Waals surface area contributed by atoms with Gasteiger partial charge >= 0.3 is 5.97 Å². The lowest BCUT2D eigenvalue weighted by Gasteiger charge is -2.12. The van der Waals surface area contributed by atoms with Crippen molar-refractivity contribution >= 4 is 41.0 Å². The Morgan fingerprint density at radius 1 is 1.32 bits per heavy atom. The average molecular weight is 338 g/mol. The first-order chi connectivity index (χ1) is 10.5. The van der Waals surface area contributed by atoms with Crippen LogP contribution in [0.25, 0.3) is 0 Å². The molecule has 5 nitrogen and oxygen atoms in total. The fourth-order valence-corrected chi connectivity index (χ4v) is 4.00. The molecule has 0 unspecified atom stereocenters. The van der Waals surface area contributed by atoms with Crippen molar-refractivity contribution in [1.29, 1.82) is 0 Å². The zero-order valence-electron chi connectivity index (χ0n) is 11.4. The quantitative estimate of drug-likeness (QED) is 0.854. The molecule has 2 aliphatic heterocycles. The smallest absolute Gasteiger partial charge is 0.304 e. The normalized spacial score (nSPS) is 20.5. The molecule has 1 N–H and O–H groups in total. The number of amides is 1. The molecule has 1 saturated heterocycles. The van der Waals surface area contributed by atoms with Crippen LogP contribution in [0.4, 0.5) is 0 Å². The monoisotopic (exact) mass is 337 g/mol. The van der Waals surface area contributed by atoms with Crippen molar-refractivity contribution < 1.29 is 19.5 Å². The number of aliphatic carboxylic acids is 1. The fourth-order valence-electron chi connectivity index (χ4n) is 2.68. The van der Waals surface area contributed by atoms with E-state index in [4.69, 9.17) is 16.7 Å². The number of halogens is 1. The molecule has 7 heteroatoms. The Bertz CT molecular complexity index is 698. The summed E-state index contributed by atoms with van der Waals surface area (Å²) in [4.78, 5) is 37.7. The first-order valence-electron chi connectivity index (χ1n) is 6.69. The molecule has 1 amide bonds. The van der Waals surface area contributed by atoms with Gasteiger partial charge in [0.05, 0.1) is 17.4 Å². The van der Waals surface area contributed by atoms with Gasteiger partial charge < -0.3 is 10.0 Å². The van der Waals surface area contributed by atoms with Gasteiger partial charge in [0.15, 0.2) is 5.78 Å². The fraction of sp³-hybridized carbons (Fsp3) is 0.267. The number of carbonyl (C=O) groups excluding carboxylic acids is 2. The van der Waals surface area contributed by atoms with E-state index in [1.165, 1.54) is 16.7 Å². The summed E-state index contributed by atoms with van der Waals surface area (Å²) in [6, 6.07) is 6.37. The van der Waals surface area contributed by atoms with Gasteiger partial charge in [-0.3, -0.25) is 14.4 Å². The molecular weight excluding hydrogens is 326 g/mol. The lowest BCUT2D eigenvalue weighted by molar-refractivity contribution is -0.141. The molecule has 2 aliphatic rings. The van der Waals surface area contributed by atoms with Crippen LogP contribution >= 0.6 is 23.4 Å². The molecule has 114 valence electrons. The number of hydrogen-bond donors (Lipinski definition) is 1. The minimum atomic E-state index is -1.09. The number of carboxylic acids is 1. The summed E-state index contributed by atoms with van der Waals surface area (Å²) in [6.07, 6.45) is -0.367. The second kappa shape index (κ2) is 5.78. The molecule has 2 heterocycles. The van der Waals surface area contributed by atoms with Crippen LogP contribution in [0.5, 0.6) is 0 Å². The minimum absolute atomic E-state index is 0.292. The summed E-state index contributed by atoms with van der Waals surface area (Å²) in [5, 5.41) is 10.2. The van der Waals surface area contributed by atoms with Crippen LogP contribution in [-0.4, -0.2) is 40.0 Å². The van der Waals surface area contributed by atoms with Crippen LogP contribution in [0, 0.1) is 5.92 Å². The maximum atomic E-state index is 12.8. The lowest BCUT2D eigenvalue weighted by Crippen LogP contribution is -2.29. The van der Waals surface area contributed by atoms with E-state index in [1.54, 1.807) is 24.3 Å². The van der Waals surface area contributed by atoms with E-state index in [0.29, 0.717) is 27.7 Å². The predicted molar refractivity (Wildman–Crippen MR) is 82.7 cm³/mol. The predicted octanol–water partition coefficient (Wildman–Crippen LogP) is 2.41. The van der Waals surface area contributed by atoms with E-state index in [0.717, 1.165) is 5.75 Å². The Balaban J connectivity index is 2.02. The number of rotatable bonds is 4. The van der Waals surface area contributed by atoms with E-state index in [2.05, 4.69) is 0 Å². The Morgan fingerprint density at radius 2 is 2.00 bits per heavy atom. The molecule has 1 aromatic rings. The number of carbonyl (C=O) groups is 3. The van der Waals surface area contributed by atoms with Gasteiger partial charge in [-0.25, -0.2) is 0 Å². The summed E-state index contributed by atoms with van der Waals surface area (Å²) in [5.74, 6) is -1.86. The van der Waals surface area contributed by atoms with Gasteiger partial charge in [-0.05, 0) is 24.3 Å². The third-order valence-electron chi connectivity index (χ3n) is 3.67. The average Bonchev–Trinajstić information content (AvgIpc) is 3.03. The number of hydrogen-bond acceptors (Lipinski definition) is 4. The summed E-state index contributed by atoms with van der Waals surface area (Å²) < 4.78 is 0. The van der Waals surface area contributed by atoms with Crippen molar-refractivity contribution in [2.45, 2.75) is 6.42 Å². The highest BCUT2D eigenvalue weighted by atomic mass is 35.5. The van der Waals surface area contributed by atoms with E-state index in [9.17, 15) is 14.4 Å². The van der Waals surface area contributed by atoms with Gasteiger partial charge in [0.2, 0.25) is 5.91 Å². The molecule has 0 radical (unpaired) electrons. The zero-order valence-corrected chi connectivity index (χ0v) is 13.0. The lowest BCUT2D eigenvalue weighted by atomic mass is 9.91. The largest absolute Gasteiger partial charge is 0.481 e. The number of nitrogens with zero attached hydrogens (tertiary/aromatic N) is 1.